The molecule has 30 heavy (non-hydrogen) atoms. The molecule has 174 valence electrons. The fourth-order valence-electron chi connectivity index (χ4n) is 1.93. The van der Waals surface area contributed by atoms with Crippen LogP contribution >= 0.6 is 0 Å². The number of carbonyl (C=O) groups excluding carboxylic acids is 2. The number of amides is 1. The lowest BCUT2D eigenvalue weighted by atomic mass is 10.2. The Hall–Kier alpha value is -1.77. The minimum Gasteiger partial charge on any atom is -0.460 e. The highest BCUT2D eigenvalue weighted by molar-refractivity contribution is 5.77. The molecule has 0 aliphatic carbocycles. The van der Waals surface area contributed by atoms with E-state index in [1.54, 1.807) is 6.07 Å². The van der Waals surface area contributed by atoms with Crippen molar-refractivity contribution < 1.29 is 38.0 Å². The van der Waals surface area contributed by atoms with Crippen molar-refractivity contribution in [3.05, 3.63) is 0 Å². The van der Waals surface area contributed by atoms with E-state index in [2.05, 4.69) is 5.32 Å². The Morgan fingerprint density at radius 3 is 1.63 bits per heavy atom. The van der Waals surface area contributed by atoms with Gasteiger partial charge in [0.1, 0.15) is 12.0 Å². The van der Waals surface area contributed by atoms with E-state index in [-0.39, 0.29) is 24.7 Å². The van der Waals surface area contributed by atoms with Crippen molar-refractivity contribution in [2.45, 2.75) is 39.2 Å². The lowest BCUT2D eigenvalue weighted by Gasteiger charge is -2.19. The molecule has 0 saturated heterocycles. The van der Waals surface area contributed by atoms with Gasteiger partial charge in [-0.25, -0.2) is 0 Å². The molecule has 0 unspecified atom stereocenters. The Morgan fingerprint density at radius 2 is 1.20 bits per heavy atom. The number of hydrogen-bond donors (Lipinski definition) is 1. The molecule has 0 aromatic carbocycles. The molecule has 0 rings (SSSR count). The maximum atomic E-state index is 11.5. The van der Waals surface area contributed by atoms with Crippen molar-refractivity contribution >= 4 is 11.9 Å². The zero-order chi connectivity index (χ0) is 22.5. The second-order valence-electron chi connectivity index (χ2n) is 7.08. The van der Waals surface area contributed by atoms with Crippen LogP contribution in [0.3, 0.4) is 0 Å². The van der Waals surface area contributed by atoms with Gasteiger partial charge in [0.2, 0.25) is 5.91 Å². The zero-order valence-corrected chi connectivity index (χ0v) is 18.4. The molecule has 1 N–H and O–H groups in total. The topological polar surface area (TPSA) is 125 Å². The second-order valence-corrected chi connectivity index (χ2v) is 7.08. The first-order valence-corrected chi connectivity index (χ1v) is 10.1. The van der Waals surface area contributed by atoms with E-state index in [1.807, 2.05) is 20.8 Å². The molecule has 0 spiro atoms. The molecular formula is C20H36N2O8. The molecule has 0 fully saturated rings. The minimum atomic E-state index is -0.473. The molecule has 0 aliphatic heterocycles. The summed E-state index contributed by atoms with van der Waals surface area (Å²) >= 11 is 0. The maximum Gasteiger partial charge on any atom is 0.308 e. The Kier molecular flexibility index (Phi) is 18.1. The van der Waals surface area contributed by atoms with Gasteiger partial charge >= 0.3 is 5.97 Å². The third-order valence-electron chi connectivity index (χ3n) is 3.17. The number of nitrogens with zero attached hydrogens (tertiary/aromatic N) is 1. The third-order valence-corrected chi connectivity index (χ3v) is 3.17. The third kappa shape index (κ3) is 22.5. The van der Waals surface area contributed by atoms with E-state index in [4.69, 9.17) is 33.7 Å². The summed E-state index contributed by atoms with van der Waals surface area (Å²) in [5, 5.41) is 10.9. The lowest BCUT2D eigenvalue weighted by Crippen LogP contribution is -2.27. The molecule has 1 amide bonds. The number of esters is 1. The van der Waals surface area contributed by atoms with Gasteiger partial charge in [0, 0.05) is 6.54 Å². The largest absolute Gasteiger partial charge is 0.460 e. The van der Waals surface area contributed by atoms with Crippen molar-refractivity contribution in [3.63, 3.8) is 0 Å². The molecule has 10 nitrogen and oxygen atoms in total. The molecule has 0 bridgehead atoms. The van der Waals surface area contributed by atoms with Gasteiger partial charge in [0.05, 0.1) is 78.6 Å². The SMILES string of the molecule is CC(C)(C)OC(=O)CCOCCOCCOCCOCCOCCNC(=O)CC#N. The average Bonchev–Trinajstić information content (AvgIpc) is 2.65. The number of carbonyl (C=O) groups is 2. The van der Waals surface area contributed by atoms with Crippen molar-refractivity contribution in [2.75, 3.05) is 72.6 Å². The highest BCUT2D eigenvalue weighted by Gasteiger charge is 2.15. The number of ether oxygens (including phenoxy) is 6. The van der Waals surface area contributed by atoms with Gasteiger partial charge in [0.15, 0.2) is 0 Å². The van der Waals surface area contributed by atoms with Gasteiger partial charge in [0.25, 0.3) is 0 Å². The van der Waals surface area contributed by atoms with E-state index < -0.39 is 5.60 Å². The summed E-state index contributed by atoms with van der Waals surface area (Å²) in [4.78, 5) is 22.5. The summed E-state index contributed by atoms with van der Waals surface area (Å²) < 4.78 is 31.8. The van der Waals surface area contributed by atoms with E-state index in [1.165, 1.54) is 0 Å². The molecule has 0 aromatic rings. The summed E-state index contributed by atoms with van der Waals surface area (Å²) in [6.07, 6.45) is 0.0854. The van der Waals surface area contributed by atoms with Crippen LogP contribution in [0.4, 0.5) is 0 Å². The molecule has 0 saturated carbocycles. The van der Waals surface area contributed by atoms with Crippen LogP contribution in [0, 0.1) is 11.3 Å². The van der Waals surface area contributed by atoms with Gasteiger partial charge in [-0.15, -0.1) is 0 Å². The van der Waals surface area contributed by atoms with Crippen LogP contribution in [-0.4, -0.2) is 90.1 Å². The van der Waals surface area contributed by atoms with Gasteiger partial charge in [-0.3, -0.25) is 9.59 Å². The highest BCUT2D eigenvalue weighted by atomic mass is 16.6. The molecular weight excluding hydrogens is 396 g/mol. The van der Waals surface area contributed by atoms with Crippen molar-refractivity contribution in [1.29, 1.82) is 5.26 Å². The molecule has 0 heterocycles. The normalized spacial score (nSPS) is 11.1. The first kappa shape index (κ1) is 28.2. The summed E-state index contributed by atoms with van der Waals surface area (Å²) in [5.74, 6) is -0.574. The zero-order valence-electron chi connectivity index (χ0n) is 18.4. The molecule has 0 aromatic heterocycles. The number of hydrogen-bond acceptors (Lipinski definition) is 9. The van der Waals surface area contributed by atoms with E-state index in [0.29, 0.717) is 72.6 Å². The Bertz CT molecular complexity index is 488. The number of rotatable bonds is 19. The smallest absolute Gasteiger partial charge is 0.308 e. The number of nitrogens with one attached hydrogen (secondary N) is 1. The van der Waals surface area contributed by atoms with Crippen LogP contribution in [0.1, 0.15) is 33.6 Å². The fraction of sp³-hybridized carbons (Fsp3) is 0.850. The van der Waals surface area contributed by atoms with Crippen LogP contribution in [0.5, 0.6) is 0 Å². The van der Waals surface area contributed by atoms with Crippen LogP contribution in [-0.2, 0) is 38.0 Å². The summed E-state index contributed by atoms with van der Waals surface area (Å²) in [6, 6.07) is 1.77. The minimum absolute atomic E-state index is 0.141. The molecule has 0 atom stereocenters. The maximum absolute atomic E-state index is 11.5. The number of nitriles is 1. The van der Waals surface area contributed by atoms with Crippen molar-refractivity contribution in [2.24, 2.45) is 0 Å². The van der Waals surface area contributed by atoms with E-state index in [9.17, 15) is 9.59 Å². The predicted molar refractivity (Wildman–Crippen MR) is 108 cm³/mol. The van der Waals surface area contributed by atoms with Crippen molar-refractivity contribution in [1.82, 2.24) is 5.32 Å². The summed E-state index contributed by atoms with van der Waals surface area (Å²) in [5.41, 5.74) is -0.473. The highest BCUT2D eigenvalue weighted by Crippen LogP contribution is 2.07. The van der Waals surface area contributed by atoms with Gasteiger partial charge in [-0.2, -0.15) is 5.26 Å². The van der Waals surface area contributed by atoms with Gasteiger partial charge in [-0.1, -0.05) is 0 Å². The first-order valence-electron chi connectivity index (χ1n) is 10.1. The van der Waals surface area contributed by atoms with Gasteiger partial charge < -0.3 is 33.7 Å². The first-order chi connectivity index (χ1) is 14.3. The molecule has 0 radical (unpaired) electrons. The van der Waals surface area contributed by atoms with E-state index in [0.717, 1.165) is 0 Å². The summed E-state index contributed by atoms with van der Waals surface area (Å²) in [7, 11) is 0. The quantitative estimate of drug-likeness (QED) is 0.233. The Morgan fingerprint density at radius 1 is 0.767 bits per heavy atom. The van der Waals surface area contributed by atoms with Gasteiger partial charge in [-0.05, 0) is 20.8 Å². The second kappa shape index (κ2) is 19.2. The predicted octanol–water partition coefficient (Wildman–Crippen LogP) is 0.831. The summed E-state index contributed by atoms with van der Waals surface area (Å²) in [6.45, 7) is 10.1. The van der Waals surface area contributed by atoms with Crippen molar-refractivity contribution in [3.8, 4) is 6.07 Å². The molecule has 0 aliphatic rings. The van der Waals surface area contributed by atoms with Crippen LogP contribution < -0.4 is 5.32 Å². The van der Waals surface area contributed by atoms with Crippen LogP contribution in [0.15, 0.2) is 0 Å². The van der Waals surface area contributed by atoms with Crippen LogP contribution in [0.2, 0.25) is 0 Å². The Labute approximate surface area is 179 Å². The molecule has 10 heteroatoms. The lowest BCUT2D eigenvalue weighted by molar-refractivity contribution is -0.156. The fourth-order valence-corrected chi connectivity index (χ4v) is 1.93. The Balaban J connectivity index is 3.17. The standard InChI is InChI=1S/C20H36N2O8/c1-20(2,3)30-19(24)5-8-25-10-12-27-14-16-29-17-15-28-13-11-26-9-7-22-18(23)4-6-21/h4-5,7-17H2,1-3H3,(H,22,23). The van der Waals surface area contributed by atoms with E-state index >= 15 is 0 Å². The van der Waals surface area contributed by atoms with Crippen LogP contribution in [0.25, 0.3) is 0 Å². The average molecular weight is 433 g/mol. The monoisotopic (exact) mass is 432 g/mol.